The molecule has 1 aromatic rings. The van der Waals surface area contributed by atoms with Gasteiger partial charge in [0, 0.05) is 9.13 Å². The van der Waals surface area contributed by atoms with Crippen molar-refractivity contribution in [1.82, 2.24) is 0 Å². The van der Waals surface area contributed by atoms with E-state index >= 15 is 0 Å². The lowest BCUT2D eigenvalue weighted by atomic mass is 10.2. The molecule has 1 aromatic carbocycles. The van der Waals surface area contributed by atoms with Crippen molar-refractivity contribution >= 4 is 30.2 Å². The van der Waals surface area contributed by atoms with Crippen molar-refractivity contribution in [3.63, 3.8) is 0 Å². The summed E-state index contributed by atoms with van der Waals surface area (Å²) in [6.07, 6.45) is 0. The molecule has 102 valence electrons. The minimum atomic E-state index is -4.50. The molecule has 0 atom stereocenters. The zero-order valence-electron chi connectivity index (χ0n) is 10.0. The Bertz CT molecular complexity index is 426. The minimum Gasteiger partial charge on any atom is -0.304 e. The van der Waals surface area contributed by atoms with Crippen LogP contribution in [-0.2, 0) is 19.3 Å². The highest BCUT2D eigenvalue weighted by molar-refractivity contribution is 14.1. The normalized spacial score (nSPS) is 12.7. The maximum Gasteiger partial charge on any atom is 0.404 e. The maximum absolute atomic E-state index is 14.2. The lowest BCUT2D eigenvalue weighted by molar-refractivity contribution is 0.0360. The molecule has 0 bridgehead atoms. The second kappa shape index (κ2) is 6.41. The molecule has 0 aliphatic carbocycles. The van der Waals surface area contributed by atoms with Gasteiger partial charge in [0.2, 0.25) is 0 Å². The van der Waals surface area contributed by atoms with Gasteiger partial charge in [0.25, 0.3) is 0 Å². The summed E-state index contributed by atoms with van der Waals surface area (Å²) in [6, 6.07) is 5.50. The molecule has 7 heteroatoms. The van der Waals surface area contributed by atoms with Gasteiger partial charge < -0.3 is 9.05 Å². The Hall–Kier alpha value is -0.0400. The van der Waals surface area contributed by atoms with Crippen molar-refractivity contribution in [2.45, 2.75) is 19.5 Å². The number of benzene rings is 1. The molecule has 0 spiro atoms. The summed E-state index contributed by atoms with van der Waals surface area (Å²) in [4.78, 5) is 0. The molecule has 0 heterocycles. The fourth-order valence-corrected chi connectivity index (χ4v) is 3.25. The van der Waals surface area contributed by atoms with Crippen molar-refractivity contribution in [3.8, 4) is 0 Å². The van der Waals surface area contributed by atoms with Gasteiger partial charge in [-0.3, -0.25) is 4.57 Å². The molecule has 3 nitrogen and oxygen atoms in total. The number of alkyl halides is 2. The van der Waals surface area contributed by atoms with Gasteiger partial charge in [-0.05, 0) is 48.6 Å². The summed E-state index contributed by atoms with van der Waals surface area (Å²) in [5, 5.41) is 0. The van der Waals surface area contributed by atoms with E-state index in [4.69, 9.17) is 9.05 Å². The SMILES string of the molecule is CCOP(=O)(OCC)C(F)(F)c1ccc(I)cc1. The van der Waals surface area contributed by atoms with Gasteiger partial charge in [0.1, 0.15) is 0 Å². The van der Waals surface area contributed by atoms with Gasteiger partial charge in [-0.1, -0.05) is 12.1 Å². The van der Waals surface area contributed by atoms with E-state index in [1.165, 1.54) is 38.1 Å². The first-order valence-corrected chi connectivity index (χ1v) is 8.02. The van der Waals surface area contributed by atoms with Crippen LogP contribution in [0.1, 0.15) is 19.4 Å². The average molecular weight is 390 g/mol. The third-order valence-corrected chi connectivity index (χ3v) is 5.00. The second-order valence-corrected chi connectivity index (χ2v) is 6.70. The van der Waals surface area contributed by atoms with Crippen molar-refractivity contribution in [1.29, 1.82) is 0 Å². The van der Waals surface area contributed by atoms with Crippen LogP contribution in [0.3, 0.4) is 0 Å². The lowest BCUT2D eigenvalue weighted by Gasteiger charge is -2.25. The number of hydrogen-bond donors (Lipinski definition) is 0. The van der Waals surface area contributed by atoms with E-state index in [1.807, 2.05) is 22.6 Å². The highest BCUT2D eigenvalue weighted by atomic mass is 127. The first-order chi connectivity index (χ1) is 8.37. The van der Waals surface area contributed by atoms with Crippen LogP contribution in [-0.4, -0.2) is 13.2 Å². The van der Waals surface area contributed by atoms with Gasteiger partial charge in [-0.25, -0.2) is 0 Å². The van der Waals surface area contributed by atoms with Crippen molar-refractivity contribution in [2.75, 3.05) is 13.2 Å². The van der Waals surface area contributed by atoms with Crippen molar-refractivity contribution in [3.05, 3.63) is 33.4 Å². The predicted molar refractivity (Wildman–Crippen MR) is 73.9 cm³/mol. The Kier molecular flexibility index (Phi) is 5.70. The number of hydrogen-bond acceptors (Lipinski definition) is 3. The zero-order chi connectivity index (χ0) is 13.8. The monoisotopic (exact) mass is 390 g/mol. The van der Waals surface area contributed by atoms with Gasteiger partial charge in [0.05, 0.1) is 13.2 Å². The molecule has 0 aliphatic rings. The second-order valence-electron chi connectivity index (χ2n) is 3.38. The molecule has 0 N–H and O–H groups in total. The van der Waals surface area contributed by atoms with Gasteiger partial charge in [-0.2, -0.15) is 8.78 Å². The van der Waals surface area contributed by atoms with E-state index in [-0.39, 0.29) is 18.8 Å². The lowest BCUT2D eigenvalue weighted by Crippen LogP contribution is -2.18. The van der Waals surface area contributed by atoms with Crippen molar-refractivity contribution in [2.24, 2.45) is 0 Å². The molecular weight excluding hydrogens is 376 g/mol. The fraction of sp³-hybridized carbons (Fsp3) is 0.455. The highest BCUT2D eigenvalue weighted by Crippen LogP contribution is 2.66. The summed E-state index contributed by atoms with van der Waals surface area (Å²) >= 11 is 2.00. The van der Waals surface area contributed by atoms with Gasteiger partial charge >= 0.3 is 13.3 Å². The van der Waals surface area contributed by atoms with Gasteiger partial charge in [-0.15, -0.1) is 0 Å². The molecule has 0 saturated heterocycles. The number of halogens is 3. The molecule has 0 saturated carbocycles. The van der Waals surface area contributed by atoms with Crippen LogP contribution < -0.4 is 0 Å². The topological polar surface area (TPSA) is 35.5 Å². The Morgan fingerprint density at radius 2 is 1.61 bits per heavy atom. The van der Waals surface area contributed by atoms with Crippen LogP contribution in [0.15, 0.2) is 24.3 Å². The van der Waals surface area contributed by atoms with E-state index in [2.05, 4.69) is 0 Å². The van der Waals surface area contributed by atoms with Crippen LogP contribution in [0.5, 0.6) is 0 Å². The minimum absolute atomic E-state index is 0.1000. The summed E-state index contributed by atoms with van der Waals surface area (Å²) in [6.45, 7) is 2.79. The van der Waals surface area contributed by atoms with Crippen LogP contribution in [0.4, 0.5) is 8.78 Å². The molecule has 18 heavy (non-hydrogen) atoms. The summed E-state index contributed by atoms with van der Waals surface area (Å²) in [5.74, 6) is 0. The van der Waals surface area contributed by atoms with E-state index in [0.29, 0.717) is 0 Å². The fourth-order valence-electron chi connectivity index (χ4n) is 1.35. The van der Waals surface area contributed by atoms with Crippen LogP contribution >= 0.6 is 30.2 Å². The van der Waals surface area contributed by atoms with Crippen LogP contribution in [0.25, 0.3) is 0 Å². The molecule has 1 rings (SSSR count). The largest absolute Gasteiger partial charge is 0.404 e. The van der Waals surface area contributed by atoms with E-state index < -0.39 is 13.3 Å². The molecule has 0 unspecified atom stereocenters. The third kappa shape index (κ3) is 3.29. The van der Waals surface area contributed by atoms with Crippen LogP contribution in [0, 0.1) is 3.57 Å². The summed E-state index contributed by atoms with van der Waals surface area (Å²) in [5.41, 5.74) is -4.02. The number of rotatable bonds is 6. The Labute approximate surface area is 119 Å². The first-order valence-electron chi connectivity index (χ1n) is 5.40. The standard InChI is InChI=1S/C11H14F2IO3P/c1-3-16-18(15,17-4-2)11(12,13)9-5-7-10(14)8-6-9/h5-8H,3-4H2,1-2H3. The molecule has 0 radical (unpaired) electrons. The molecular formula is C11H14F2IO3P. The molecule has 0 aromatic heterocycles. The van der Waals surface area contributed by atoms with E-state index in [1.54, 1.807) is 0 Å². The summed E-state index contributed by atoms with van der Waals surface area (Å²) in [7, 11) is -4.50. The third-order valence-electron chi connectivity index (χ3n) is 2.13. The smallest absolute Gasteiger partial charge is 0.304 e. The van der Waals surface area contributed by atoms with Crippen LogP contribution in [0.2, 0.25) is 0 Å². The Balaban J connectivity index is 3.15. The maximum atomic E-state index is 14.2. The molecule has 0 aliphatic heterocycles. The predicted octanol–water partition coefficient (Wildman–Crippen LogP) is 4.61. The Morgan fingerprint density at radius 1 is 1.17 bits per heavy atom. The summed E-state index contributed by atoms with van der Waals surface area (Å²) < 4.78 is 50.7. The zero-order valence-corrected chi connectivity index (χ0v) is 13.1. The van der Waals surface area contributed by atoms with Gasteiger partial charge in [0.15, 0.2) is 0 Å². The quantitative estimate of drug-likeness (QED) is 0.526. The van der Waals surface area contributed by atoms with E-state index in [9.17, 15) is 13.3 Å². The van der Waals surface area contributed by atoms with E-state index in [0.717, 1.165) is 3.57 Å². The molecule has 0 fully saturated rings. The highest BCUT2D eigenvalue weighted by Gasteiger charge is 2.54. The van der Waals surface area contributed by atoms with Crippen molar-refractivity contribution < 1.29 is 22.4 Å². The first kappa shape index (κ1) is 16.0. The Morgan fingerprint density at radius 3 is 2.00 bits per heavy atom. The average Bonchev–Trinajstić information content (AvgIpc) is 2.30. The molecule has 0 amide bonds.